The normalized spacial score (nSPS) is 14.7. The number of halogens is 2. The molecule has 0 saturated carbocycles. The maximum atomic E-state index is 14.7. The average Bonchev–Trinajstić information content (AvgIpc) is 3.05. The number of carbonyl (C=O) groups excluding carboxylic acids is 1. The molecule has 3 aromatic carbocycles. The van der Waals surface area contributed by atoms with Gasteiger partial charge in [0.05, 0.1) is 24.5 Å². The topological polar surface area (TPSA) is 103 Å². The molecule has 7 nitrogen and oxygen atoms in total. The van der Waals surface area contributed by atoms with Gasteiger partial charge in [0.15, 0.2) is 0 Å². The molecule has 6 rings (SSSR count). The third kappa shape index (κ3) is 4.58. The zero-order valence-electron chi connectivity index (χ0n) is 20.6. The number of aliphatic imine (C=N–C) groups is 1. The van der Waals surface area contributed by atoms with E-state index in [1.807, 2.05) is 40.5 Å². The van der Waals surface area contributed by atoms with E-state index in [2.05, 4.69) is 10.7 Å². The van der Waals surface area contributed by atoms with Crippen molar-refractivity contribution in [3.05, 3.63) is 106 Å². The number of nitrogens with zero attached hydrogens (tertiary/aromatic N) is 4. The highest BCUT2D eigenvalue weighted by atomic mass is 35.5. The fourth-order valence-electron chi connectivity index (χ4n) is 4.86. The highest BCUT2D eigenvalue weighted by Gasteiger charge is 2.31. The van der Waals surface area contributed by atoms with Gasteiger partial charge in [0.1, 0.15) is 11.5 Å². The van der Waals surface area contributed by atoms with Gasteiger partial charge in [-0.05, 0) is 36.4 Å². The summed E-state index contributed by atoms with van der Waals surface area (Å²) in [7, 11) is 0. The summed E-state index contributed by atoms with van der Waals surface area (Å²) in [6, 6.07) is 19.5. The molecule has 0 spiro atoms. The van der Waals surface area contributed by atoms with Crippen LogP contribution in [0.25, 0.3) is 11.3 Å². The number of aromatic nitrogens is 2. The van der Waals surface area contributed by atoms with Crippen LogP contribution in [0.2, 0.25) is 5.02 Å². The summed E-state index contributed by atoms with van der Waals surface area (Å²) in [4.78, 5) is 28.7. The predicted octanol–water partition coefficient (Wildman–Crippen LogP) is 3.13. The Hall–Kier alpha value is -3.98. The van der Waals surface area contributed by atoms with Crippen LogP contribution in [0.4, 0.5) is 16.0 Å². The van der Waals surface area contributed by atoms with E-state index in [9.17, 15) is 9.18 Å². The van der Waals surface area contributed by atoms with Crippen LogP contribution in [0, 0.1) is 11.7 Å². The molecule has 0 aliphatic carbocycles. The summed E-state index contributed by atoms with van der Waals surface area (Å²) >= 11 is 6.35. The van der Waals surface area contributed by atoms with Gasteiger partial charge in [0, 0.05) is 70.2 Å². The molecule has 1 amide bonds. The molecule has 2 aliphatic rings. The average molecular weight is 529 g/mol. The molecule has 2 aliphatic heterocycles. The van der Waals surface area contributed by atoms with Crippen molar-refractivity contribution in [3.8, 4) is 11.3 Å². The van der Waals surface area contributed by atoms with Gasteiger partial charge in [-0.2, -0.15) is 9.97 Å². The Balaban J connectivity index is 1.28. The zero-order chi connectivity index (χ0) is 26.2. The minimum Gasteiger partial charge on any atom is -0.357 e. The lowest BCUT2D eigenvalue weighted by Gasteiger charge is -2.37. The van der Waals surface area contributed by atoms with Crippen LogP contribution in [0.5, 0.6) is 0 Å². The number of hydrogen-bond donors (Lipinski definition) is 2. The van der Waals surface area contributed by atoms with E-state index in [1.165, 1.54) is 6.07 Å². The van der Waals surface area contributed by atoms with Gasteiger partial charge in [0.25, 0.3) is 5.91 Å². The summed E-state index contributed by atoms with van der Waals surface area (Å²) in [6.07, 6.45) is 1.76. The zero-order valence-corrected chi connectivity index (χ0v) is 21.3. The van der Waals surface area contributed by atoms with E-state index < -0.39 is 0 Å². The maximum Gasteiger partial charge on any atom is 0.331 e. The summed E-state index contributed by atoms with van der Waals surface area (Å²) in [6.45, 7) is 2.71. The van der Waals surface area contributed by atoms with Gasteiger partial charge in [-0.15, -0.1) is 0 Å². The van der Waals surface area contributed by atoms with E-state index in [1.54, 1.807) is 36.5 Å². The molecule has 3 heterocycles. The molecule has 38 heavy (non-hydrogen) atoms. The third-order valence-electron chi connectivity index (χ3n) is 7.02. The van der Waals surface area contributed by atoms with E-state index in [0.717, 1.165) is 47.7 Å². The molecule has 0 bridgehead atoms. The smallest absolute Gasteiger partial charge is 0.331 e. The summed E-state index contributed by atoms with van der Waals surface area (Å²) in [5.41, 5.74) is 9.53. The Morgan fingerprint density at radius 1 is 1.05 bits per heavy atom. The SMILES string of the molecule is [NH3+]CC1CN(C(=O)c2ccc([NH2+]c3ncc4c(n3)-c3ccc(Cl)cc3C(c3ccccc3F)=NC4)cc2)C1. The van der Waals surface area contributed by atoms with Gasteiger partial charge in [-0.1, -0.05) is 29.8 Å². The van der Waals surface area contributed by atoms with Crippen LogP contribution in [0.3, 0.4) is 0 Å². The predicted molar refractivity (Wildman–Crippen MR) is 143 cm³/mol. The highest BCUT2D eigenvalue weighted by molar-refractivity contribution is 6.31. The molecule has 9 heteroatoms. The first-order valence-electron chi connectivity index (χ1n) is 12.5. The van der Waals surface area contributed by atoms with E-state index >= 15 is 0 Å². The first-order chi connectivity index (χ1) is 18.5. The number of hydrogen-bond acceptors (Lipinski definition) is 4. The number of quaternary nitrogens is 2. The van der Waals surface area contributed by atoms with Crippen LogP contribution >= 0.6 is 11.6 Å². The molecule has 0 radical (unpaired) electrons. The number of benzene rings is 3. The van der Waals surface area contributed by atoms with Crippen molar-refractivity contribution < 1.29 is 20.2 Å². The standard InChI is InChI=1S/C29H24ClFN6O/c30-20-7-10-22-24(11-20)27(23-3-1-2-4-25(23)31)33-13-19-14-34-29(36-26(19)22)35-21-8-5-18(6-9-21)28(38)37-15-17(12-32)16-37/h1-11,14,17H,12-13,15-16,32H2,(H,34,35,36)/p+2. The van der Waals surface area contributed by atoms with Crippen molar-refractivity contribution >= 4 is 34.9 Å². The molecular weight excluding hydrogens is 503 g/mol. The fourth-order valence-corrected chi connectivity index (χ4v) is 5.03. The monoisotopic (exact) mass is 528 g/mol. The van der Waals surface area contributed by atoms with E-state index in [4.69, 9.17) is 21.6 Å². The summed E-state index contributed by atoms with van der Waals surface area (Å²) in [5, 5.41) is 2.41. The van der Waals surface area contributed by atoms with Crippen LogP contribution in [0.15, 0.2) is 77.9 Å². The molecule has 1 aromatic heterocycles. The van der Waals surface area contributed by atoms with Gasteiger partial charge in [-0.25, -0.2) is 9.71 Å². The molecule has 4 aromatic rings. The van der Waals surface area contributed by atoms with Crippen molar-refractivity contribution in [3.63, 3.8) is 0 Å². The highest BCUT2D eigenvalue weighted by Crippen LogP contribution is 2.33. The Morgan fingerprint density at radius 3 is 2.61 bits per heavy atom. The van der Waals surface area contributed by atoms with Crippen LogP contribution < -0.4 is 11.1 Å². The fraction of sp³-hybridized carbons (Fsp3) is 0.172. The first kappa shape index (κ1) is 24.4. The molecule has 190 valence electrons. The lowest BCUT2D eigenvalue weighted by atomic mass is 9.95. The maximum absolute atomic E-state index is 14.7. The molecule has 0 unspecified atom stereocenters. The van der Waals surface area contributed by atoms with Crippen molar-refractivity contribution in [2.75, 3.05) is 19.6 Å². The number of fused-ring (bicyclic) bond motifs is 3. The molecule has 5 N–H and O–H groups in total. The van der Waals surface area contributed by atoms with Crippen LogP contribution in [-0.2, 0) is 6.54 Å². The lowest BCUT2D eigenvalue weighted by molar-refractivity contribution is -0.487. The Morgan fingerprint density at radius 2 is 1.84 bits per heavy atom. The molecule has 1 fully saturated rings. The number of nitrogens with two attached hydrogens (primary N) is 1. The van der Waals surface area contributed by atoms with Crippen molar-refractivity contribution in [1.82, 2.24) is 14.9 Å². The van der Waals surface area contributed by atoms with E-state index in [0.29, 0.717) is 40.3 Å². The van der Waals surface area contributed by atoms with Gasteiger partial charge >= 0.3 is 5.95 Å². The molecule has 1 saturated heterocycles. The number of amides is 1. The molecular formula is C29H26ClFN6O+2. The summed E-state index contributed by atoms with van der Waals surface area (Å²) in [5.74, 6) is 0.732. The second-order valence-electron chi connectivity index (χ2n) is 9.57. The van der Waals surface area contributed by atoms with E-state index in [-0.39, 0.29) is 11.7 Å². The van der Waals surface area contributed by atoms with Gasteiger partial charge in [-0.3, -0.25) is 9.79 Å². The second kappa shape index (κ2) is 10.1. The Kier molecular flexibility index (Phi) is 6.45. The second-order valence-corrected chi connectivity index (χ2v) is 10.0. The van der Waals surface area contributed by atoms with Crippen molar-refractivity contribution in [1.29, 1.82) is 0 Å². The lowest BCUT2D eigenvalue weighted by Crippen LogP contribution is -2.72. The largest absolute Gasteiger partial charge is 0.357 e. The number of likely N-dealkylation sites (tertiary alicyclic amines) is 1. The Labute approximate surface area is 224 Å². The first-order valence-corrected chi connectivity index (χ1v) is 12.9. The molecule has 0 atom stereocenters. The quantitative estimate of drug-likeness (QED) is 0.389. The minimum absolute atomic E-state index is 0.0449. The summed E-state index contributed by atoms with van der Waals surface area (Å²) < 4.78 is 14.7. The number of rotatable bonds is 5. The van der Waals surface area contributed by atoms with Gasteiger partial charge in [0.2, 0.25) is 0 Å². The van der Waals surface area contributed by atoms with Crippen LogP contribution in [0.1, 0.15) is 27.0 Å². The van der Waals surface area contributed by atoms with Crippen LogP contribution in [-0.4, -0.2) is 46.1 Å². The minimum atomic E-state index is -0.346. The van der Waals surface area contributed by atoms with Crippen molar-refractivity contribution in [2.45, 2.75) is 6.54 Å². The number of carbonyl (C=O) groups is 1. The van der Waals surface area contributed by atoms with Gasteiger partial charge < -0.3 is 10.6 Å². The third-order valence-corrected chi connectivity index (χ3v) is 7.25. The van der Waals surface area contributed by atoms with Crippen molar-refractivity contribution in [2.24, 2.45) is 10.9 Å². The Bertz CT molecular complexity index is 1570.